The molecule has 0 aliphatic rings. The Labute approximate surface area is 129 Å². The third-order valence-electron chi connectivity index (χ3n) is 3.52. The molecule has 1 unspecified atom stereocenters. The highest BCUT2D eigenvalue weighted by Gasteiger charge is 2.09. The third kappa shape index (κ3) is 3.96. The Morgan fingerprint density at radius 3 is 2.62 bits per heavy atom. The zero-order valence-electron chi connectivity index (χ0n) is 12.4. The van der Waals surface area contributed by atoms with Crippen LogP contribution in [0.2, 0.25) is 5.02 Å². The first-order chi connectivity index (χ1) is 10.0. The highest BCUT2D eigenvalue weighted by atomic mass is 35.5. The minimum Gasteiger partial charge on any atom is -0.494 e. The van der Waals surface area contributed by atoms with Gasteiger partial charge in [-0.1, -0.05) is 29.8 Å². The van der Waals surface area contributed by atoms with E-state index in [0.29, 0.717) is 6.54 Å². The summed E-state index contributed by atoms with van der Waals surface area (Å²) in [7, 11) is 1.46. The lowest BCUT2D eigenvalue weighted by molar-refractivity contribution is 0.385. The van der Waals surface area contributed by atoms with Crippen LogP contribution in [0, 0.1) is 12.7 Å². The van der Waals surface area contributed by atoms with Gasteiger partial charge in [0.05, 0.1) is 7.11 Å². The first-order valence-electron chi connectivity index (χ1n) is 6.83. The first kappa shape index (κ1) is 15.8. The minimum atomic E-state index is -0.345. The van der Waals surface area contributed by atoms with Gasteiger partial charge in [-0.3, -0.25) is 0 Å². The maximum atomic E-state index is 13.7. The predicted molar refractivity (Wildman–Crippen MR) is 84.4 cm³/mol. The van der Waals surface area contributed by atoms with Crippen molar-refractivity contribution in [2.45, 2.75) is 26.4 Å². The van der Waals surface area contributed by atoms with Crippen LogP contribution >= 0.6 is 11.6 Å². The van der Waals surface area contributed by atoms with Crippen molar-refractivity contribution in [3.05, 3.63) is 63.9 Å². The Bertz CT molecular complexity index is 630. The topological polar surface area (TPSA) is 21.3 Å². The van der Waals surface area contributed by atoms with Crippen LogP contribution in [-0.2, 0) is 6.54 Å². The van der Waals surface area contributed by atoms with E-state index >= 15 is 0 Å². The zero-order valence-corrected chi connectivity index (χ0v) is 13.2. The molecule has 0 radical (unpaired) electrons. The van der Waals surface area contributed by atoms with E-state index in [1.54, 1.807) is 6.07 Å². The Morgan fingerprint density at radius 1 is 1.24 bits per heavy atom. The van der Waals surface area contributed by atoms with Crippen molar-refractivity contribution in [1.82, 2.24) is 5.32 Å². The molecule has 0 spiro atoms. The molecule has 0 saturated carbocycles. The van der Waals surface area contributed by atoms with Crippen LogP contribution in [0.5, 0.6) is 5.75 Å². The Kier molecular flexibility index (Phi) is 5.21. The largest absolute Gasteiger partial charge is 0.494 e. The SMILES string of the molecule is COc1ccc(C(C)NCc2ccc(C)c(Cl)c2)cc1F. The van der Waals surface area contributed by atoms with Gasteiger partial charge in [0.15, 0.2) is 11.6 Å². The second-order valence-electron chi connectivity index (χ2n) is 5.08. The molecule has 0 saturated heterocycles. The maximum Gasteiger partial charge on any atom is 0.165 e. The number of rotatable bonds is 5. The molecule has 21 heavy (non-hydrogen) atoms. The fraction of sp³-hybridized carbons (Fsp3) is 0.294. The monoisotopic (exact) mass is 307 g/mol. The molecule has 0 bridgehead atoms. The van der Waals surface area contributed by atoms with E-state index in [-0.39, 0.29) is 17.6 Å². The van der Waals surface area contributed by atoms with Crippen LogP contribution in [0.15, 0.2) is 36.4 Å². The van der Waals surface area contributed by atoms with Crippen LogP contribution in [0.1, 0.15) is 29.7 Å². The molecule has 2 aromatic rings. The normalized spacial score (nSPS) is 12.2. The molecule has 2 rings (SSSR count). The van der Waals surface area contributed by atoms with Gasteiger partial charge in [0.25, 0.3) is 0 Å². The summed E-state index contributed by atoms with van der Waals surface area (Å²) in [6.07, 6.45) is 0. The van der Waals surface area contributed by atoms with Crippen LogP contribution in [-0.4, -0.2) is 7.11 Å². The molecule has 0 heterocycles. The summed E-state index contributed by atoms with van der Waals surface area (Å²) >= 11 is 6.11. The summed E-state index contributed by atoms with van der Waals surface area (Å²) in [5.41, 5.74) is 3.05. The van der Waals surface area contributed by atoms with Gasteiger partial charge < -0.3 is 10.1 Å². The smallest absolute Gasteiger partial charge is 0.165 e. The van der Waals surface area contributed by atoms with Gasteiger partial charge in [0.1, 0.15) is 0 Å². The number of benzene rings is 2. The zero-order chi connectivity index (χ0) is 15.4. The van der Waals surface area contributed by atoms with Gasteiger partial charge >= 0.3 is 0 Å². The molecule has 4 heteroatoms. The summed E-state index contributed by atoms with van der Waals surface area (Å²) in [6, 6.07) is 11.0. The molecular weight excluding hydrogens is 289 g/mol. The van der Waals surface area contributed by atoms with Crippen molar-refractivity contribution >= 4 is 11.6 Å². The summed E-state index contributed by atoms with van der Waals surface area (Å²) < 4.78 is 18.6. The number of aryl methyl sites for hydroxylation is 1. The van der Waals surface area contributed by atoms with Gasteiger partial charge in [-0.2, -0.15) is 0 Å². The van der Waals surface area contributed by atoms with E-state index in [1.165, 1.54) is 13.2 Å². The lowest BCUT2D eigenvalue weighted by Crippen LogP contribution is -2.18. The van der Waals surface area contributed by atoms with Gasteiger partial charge in [0, 0.05) is 17.6 Å². The molecule has 0 fully saturated rings. The third-order valence-corrected chi connectivity index (χ3v) is 3.93. The average Bonchev–Trinajstić information content (AvgIpc) is 2.48. The lowest BCUT2D eigenvalue weighted by Gasteiger charge is -2.15. The Morgan fingerprint density at radius 2 is 2.00 bits per heavy atom. The van der Waals surface area contributed by atoms with Crippen molar-refractivity contribution in [3.63, 3.8) is 0 Å². The van der Waals surface area contributed by atoms with Crippen LogP contribution in [0.3, 0.4) is 0 Å². The maximum absolute atomic E-state index is 13.7. The van der Waals surface area contributed by atoms with E-state index < -0.39 is 0 Å². The highest BCUT2D eigenvalue weighted by Crippen LogP contribution is 2.22. The second kappa shape index (κ2) is 6.92. The van der Waals surface area contributed by atoms with Crippen LogP contribution in [0.25, 0.3) is 0 Å². The summed E-state index contributed by atoms with van der Waals surface area (Å²) in [5.74, 6) is -0.0849. The molecule has 2 nitrogen and oxygen atoms in total. The minimum absolute atomic E-state index is 0.0329. The van der Waals surface area contributed by atoms with Gasteiger partial charge in [-0.25, -0.2) is 4.39 Å². The molecule has 0 amide bonds. The molecule has 112 valence electrons. The van der Waals surface area contributed by atoms with Crippen molar-refractivity contribution < 1.29 is 9.13 Å². The lowest BCUT2D eigenvalue weighted by atomic mass is 10.1. The molecule has 0 aliphatic carbocycles. The van der Waals surface area contributed by atoms with Crippen LogP contribution in [0.4, 0.5) is 4.39 Å². The molecular formula is C17H19ClFNO. The van der Waals surface area contributed by atoms with E-state index in [1.807, 2.05) is 38.1 Å². The first-order valence-corrected chi connectivity index (χ1v) is 7.21. The number of methoxy groups -OCH3 is 1. The van der Waals surface area contributed by atoms with E-state index in [0.717, 1.165) is 21.7 Å². The highest BCUT2D eigenvalue weighted by molar-refractivity contribution is 6.31. The number of ether oxygens (including phenoxy) is 1. The number of hydrogen-bond donors (Lipinski definition) is 1. The number of nitrogens with one attached hydrogen (secondary N) is 1. The predicted octanol–water partition coefficient (Wildman–Crippen LogP) is 4.65. The van der Waals surface area contributed by atoms with E-state index in [2.05, 4.69) is 5.32 Å². The molecule has 2 aromatic carbocycles. The molecule has 1 atom stereocenters. The average molecular weight is 308 g/mol. The number of halogens is 2. The van der Waals surface area contributed by atoms with Gasteiger partial charge in [-0.05, 0) is 48.7 Å². The van der Waals surface area contributed by atoms with Crippen molar-refractivity contribution in [2.75, 3.05) is 7.11 Å². The van der Waals surface area contributed by atoms with Crippen LogP contribution < -0.4 is 10.1 Å². The fourth-order valence-electron chi connectivity index (χ4n) is 2.09. The second-order valence-corrected chi connectivity index (χ2v) is 5.49. The number of hydrogen-bond acceptors (Lipinski definition) is 2. The van der Waals surface area contributed by atoms with Crippen molar-refractivity contribution in [1.29, 1.82) is 0 Å². The molecule has 0 aliphatic heterocycles. The van der Waals surface area contributed by atoms with E-state index in [4.69, 9.17) is 16.3 Å². The van der Waals surface area contributed by atoms with E-state index in [9.17, 15) is 4.39 Å². The molecule has 1 N–H and O–H groups in total. The fourth-order valence-corrected chi connectivity index (χ4v) is 2.29. The van der Waals surface area contributed by atoms with Gasteiger partial charge in [-0.15, -0.1) is 0 Å². The standard InChI is InChI=1S/C17H19ClFNO/c1-11-4-5-13(8-15(11)18)10-20-12(2)14-6-7-17(21-3)16(19)9-14/h4-9,12,20H,10H2,1-3H3. The molecule has 0 aromatic heterocycles. The Balaban J connectivity index is 2.02. The quantitative estimate of drug-likeness (QED) is 0.868. The van der Waals surface area contributed by atoms with Crippen molar-refractivity contribution in [2.24, 2.45) is 0 Å². The summed E-state index contributed by atoms with van der Waals surface area (Å²) in [5, 5.41) is 4.12. The Hall–Kier alpha value is -1.58. The summed E-state index contributed by atoms with van der Waals surface area (Å²) in [4.78, 5) is 0. The summed E-state index contributed by atoms with van der Waals surface area (Å²) in [6.45, 7) is 4.65. The van der Waals surface area contributed by atoms with Crippen molar-refractivity contribution in [3.8, 4) is 5.75 Å². The van der Waals surface area contributed by atoms with Gasteiger partial charge in [0.2, 0.25) is 0 Å².